The Hall–Kier alpha value is -3.40. The Morgan fingerprint density at radius 2 is 1.97 bits per heavy atom. The first-order valence-corrected chi connectivity index (χ1v) is 12.4. The van der Waals surface area contributed by atoms with Crippen LogP contribution < -0.4 is 20.4 Å². The van der Waals surface area contributed by atoms with Crippen LogP contribution in [0.2, 0.25) is 0 Å². The zero-order chi connectivity index (χ0) is 25.3. The van der Waals surface area contributed by atoms with Crippen molar-refractivity contribution in [1.82, 2.24) is 5.27 Å². The SMILES string of the molecule is CCOC(=O)c1c(NC(=O)c2c(=O)o[nH][n+]2-c2ccc(OC)cc2)sc2c1CCC(C(C)(C)C)C2. The number of fused-ring (bicyclic) bond motifs is 1. The van der Waals surface area contributed by atoms with Crippen LogP contribution in [0.3, 0.4) is 0 Å². The van der Waals surface area contributed by atoms with Gasteiger partial charge < -0.3 is 14.8 Å². The summed E-state index contributed by atoms with van der Waals surface area (Å²) < 4.78 is 16.6. The Kier molecular flexibility index (Phi) is 6.84. The van der Waals surface area contributed by atoms with E-state index in [0.29, 0.717) is 27.9 Å². The summed E-state index contributed by atoms with van der Waals surface area (Å²) in [4.78, 5) is 39.7. The number of aromatic amines is 1. The molecular formula is C25H30N3O6S+. The molecular weight excluding hydrogens is 470 g/mol. The number of esters is 1. The molecule has 1 aliphatic rings. The molecule has 0 saturated carbocycles. The third-order valence-electron chi connectivity index (χ3n) is 6.39. The van der Waals surface area contributed by atoms with Crippen molar-refractivity contribution in [3.63, 3.8) is 0 Å². The Labute approximate surface area is 207 Å². The molecule has 1 aliphatic carbocycles. The standard InChI is InChI=1S/C25H29N3O6S/c1-6-33-23(30)19-17-12-7-14(25(2,3)4)13-18(17)35-22(19)26-21(29)20-24(31)34-27-28(20)15-8-10-16(32-5)11-9-15/h8-11,14H,6-7,12-13H2,1-5H3,(H-,26,27,29,30,31)/p+1. The summed E-state index contributed by atoms with van der Waals surface area (Å²) in [5.41, 5.74) is 0.861. The van der Waals surface area contributed by atoms with Crippen LogP contribution in [-0.4, -0.2) is 30.9 Å². The number of hydrogen-bond acceptors (Lipinski definition) is 7. The number of amides is 1. The van der Waals surface area contributed by atoms with Crippen molar-refractivity contribution in [2.75, 3.05) is 19.0 Å². The minimum absolute atomic E-state index is 0.128. The molecule has 1 aromatic carbocycles. The predicted octanol–water partition coefficient (Wildman–Crippen LogP) is 3.89. The predicted molar refractivity (Wildman–Crippen MR) is 131 cm³/mol. The Bertz CT molecular complexity index is 1300. The van der Waals surface area contributed by atoms with Crippen LogP contribution >= 0.6 is 11.3 Å². The first kappa shape index (κ1) is 24.7. The van der Waals surface area contributed by atoms with E-state index in [0.717, 1.165) is 29.7 Å². The van der Waals surface area contributed by atoms with Crippen LogP contribution in [0.15, 0.2) is 33.6 Å². The fourth-order valence-corrected chi connectivity index (χ4v) is 5.68. The molecule has 10 heteroatoms. The normalized spacial score (nSPS) is 15.4. The molecule has 0 bridgehead atoms. The molecule has 3 aromatic rings. The molecule has 0 spiro atoms. The number of thiophene rings is 1. The molecule has 2 heterocycles. The molecule has 0 fully saturated rings. The number of H-pyrrole nitrogens is 1. The van der Waals surface area contributed by atoms with Crippen LogP contribution in [-0.2, 0) is 17.6 Å². The van der Waals surface area contributed by atoms with Gasteiger partial charge >= 0.3 is 23.2 Å². The van der Waals surface area contributed by atoms with Crippen LogP contribution in [0.25, 0.3) is 5.69 Å². The van der Waals surface area contributed by atoms with Gasteiger partial charge in [-0.25, -0.2) is 9.59 Å². The monoisotopic (exact) mass is 500 g/mol. The fraction of sp³-hybridized carbons (Fsp3) is 0.440. The van der Waals surface area contributed by atoms with E-state index in [2.05, 4.69) is 31.4 Å². The van der Waals surface area contributed by atoms with Crippen LogP contribution in [0.5, 0.6) is 5.75 Å². The molecule has 35 heavy (non-hydrogen) atoms. The number of ether oxygens (including phenoxy) is 2. The minimum atomic E-state index is -0.829. The smallest absolute Gasteiger partial charge is 0.441 e. The number of methoxy groups -OCH3 is 1. The van der Waals surface area contributed by atoms with Gasteiger partial charge in [-0.15, -0.1) is 11.3 Å². The van der Waals surface area contributed by atoms with E-state index in [-0.39, 0.29) is 17.7 Å². The molecule has 4 rings (SSSR count). The number of hydrogen-bond donors (Lipinski definition) is 2. The second-order valence-electron chi connectivity index (χ2n) is 9.55. The van der Waals surface area contributed by atoms with Gasteiger partial charge in [-0.1, -0.05) is 20.8 Å². The Balaban J connectivity index is 1.70. The Morgan fingerprint density at radius 1 is 1.26 bits per heavy atom. The van der Waals surface area contributed by atoms with Crippen molar-refractivity contribution >= 4 is 28.2 Å². The van der Waals surface area contributed by atoms with Crippen molar-refractivity contribution in [2.45, 2.75) is 47.0 Å². The van der Waals surface area contributed by atoms with Gasteiger partial charge in [0.15, 0.2) is 0 Å². The summed E-state index contributed by atoms with van der Waals surface area (Å²) in [5.74, 6) is -0.0739. The molecule has 0 radical (unpaired) electrons. The first-order chi connectivity index (χ1) is 16.6. The van der Waals surface area contributed by atoms with Crippen molar-refractivity contribution in [1.29, 1.82) is 0 Å². The Morgan fingerprint density at radius 3 is 2.60 bits per heavy atom. The largest absolute Gasteiger partial charge is 0.497 e. The second kappa shape index (κ2) is 9.69. The highest BCUT2D eigenvalue weighted by atomic mass is 32.1. The van der Waals surface area contributed by atoms with Crippen molar-refractivity contribution in [2.24, 2.45) is 11.3 Å². The van der Waals surface area contributed by atoms with Crippen LogP contribution in [0.1, 0.15) is 65.4 Å². The average Bonchev–Trinajstić information content (AvgIpc) is 3.38. The maximum atomic E-state index is 13.3. The summed E-state index contributed by atoms with van der Waals surface area (Å²) in [6, 6.07) is 6.77. The topological polar surface area (TPSA) is 115 Å². The molecule has 0 aliphatic heterocycles. The molecule has 1 unspecified atom stereocenters. The van der Waals surface area contributed by atoms with Gasteiger partial charge in [-0.05, 0) is 65.2 Å². The molecule has 2 aromatic heterocycles. The van der Waals surface area contributed by atoms with Gasteiger partial charge in [0.25, 0.3) is 0 Å². The number of nitrogens with zero attached hydrogens (tertiary/aromatic N) is 1. The average molecular weight is 501 g/mol. The van der Waals surface area contributed by atoms with Gasteiger partial charge in [0.1, 0.15) is 10.8 Å². The van der Waals surface area contributed by atoms with Gasteiger partial charge in [-0.3, -0.25) is 9.32 Å². The number of anilines is 1. The lowest BCUT2D eigenvalue weighted by atomic mass is 9.72. The van der Waals surface area contributed by atoms with E-state index in [4.69, 9.17) is 14.0 Å². The highest BCUT2D eigenvalue weighted by Gasteiger charge is 2.37. The second-order valence-corrected chi connectivity index (χ2v) is 10.7. The van der Waals surface area contributed by atoms with E-state index >= 15 is 0 Å². The summed E-state index contributed by atoms with van der Waals surface area (Å²) >= 11 is 1.37. The van der Waals surface area contributed by atoms with E-state index in [1.165, 1.54) is 16.0 Å². The molecule has 1 atom stereocenters. The van der Waals surface area contributed by atoms with Crippen LogP contribution in [0.4, 0.5) is 5.00 Å². The quantitative estimate of drug-likeness (QED) is 0.392. The first-order valence-electron chi connectivity index (χ1n) is 11.5. The lowest BCUT2D eigenvalue weighted by Crippen LogP contribution is -2.42. The highest BCUT2D eigenvalue weighted by Crippen LogP contribution is 2.44. The third-order valence-corrected chi connectivity index (χ3v) is 7.56. The number of nitrogens with one attached hydrogen (secondary N) is 2. The van der Waals surface area contributed by atoms with E-state index < -0.39 is 17.5 Å². The number of benzene rings is 1. The van der Waals surface area contributed by atoms with E-state index in [1.807, 2.05) is 0 Å². The maximum Gasteiger partial charge on any atom is 0.441 e. The zero-order valence-corrected chi connectivity index (χ0v) is 21.3. The molecule has 2 N–H and O–H groups in total. The lowest BCUT2D eigenvalue weighted by molar-refractivity contribution is -0.672. The molecule has 1 amide bonds. The zero-order valence-electron chi connectivity index (χ0n) is 20.5. The summed E-state index contributed by atoms with van der Waals surface area (Å²) in [5, 5.41) is 5.64. The molecule has 186 valence electrons. The number of carbonyl (C=O) groups is 2. The maximum absolute atomic E-state index is 13.3. The fourth-order valence-electron chi connectivity index (χ4n) is 4.37. The van der Waals surface area contributed by atoms with Crippen LogP contribution in [0, 0.1) is 11.3 Å². The van der Waals surface area contributed by atoms with Gasteiger partial charge in [0, 0.05) is 17.0 Å². The van der Waals surface area contributed by atoms with E-state index in [9.17, 15) is 14.4 Å². The number of aromatic nitrogens is 2. The summed E-state index contributed by atoms with van der Waals surface area (Å²) in [6.45, 7) is 8.62. The van der Waals surface area contributed by atoms with Crippen molar-refractivity contribution in [3.05, 3.63) is 56.4 Å². The van der Waals surface area contributed by atoms with Gasteiger partial charge in [0.05, 0.1) is 19.3 Å². The highest BCUT2D eigenvalue weighted by molar-refractivity contribution is 7.17. The molecule has 0 saturated heterocycles. The van der Waals surface area contributed by atoms with Crippen molar-refractivity contribution < 1.29 is 28.3 Å². The third kappa shape index (κ3) is 4.88. The molecule has 9 nitrogen and oxygen atoms in total. The van der Waals surface area contributed by atoms with Gasteiger partial charge in [0.2, 0.25) is 5.69 Å². The lowest BCUT2D eigenvalue weighted by Gasteiger charge is -2.33. The number of rotatable bonds is 6. The summed E-state index contributed by atoms with van der Waals surface area (Å²) in [7, 11) is 1.55. The van der Waals surface area contributed by atoms with Crippen molar-refractivity contribution in [3.8, 4) is 11.4 Å². The van der Waals surface area contributed by atoms with Gasteiger partial charge in [-0.2, -0.15) is 0 Å². The summed E-state index contributed by atoms with van der Waals surface area (Å²) in [6.07, 6.45) is 2.51. The van der Waals surface area contributed by atoms with E-state index in [1.54, 1.807) is 38.3 Å². The number of carbonyl (C=O) groups excluding carboxylic acids is 2. The minimum Gasteiger partial charge on any atom is -0.497 e.